The van der Waals surface area contributed by atoms with Gasteiger partial charge in [-0.2, -0.15) is 0 Å². The fourth-order valence-corrected chi connectivity index (χ4v) is 3.81. The summed E-state index contributed by atoms with van der Waals surface area (Å²) < 4.78 is 23.6. The summed E-state index contributed by atoms with van der Waals surface area (Å²) in [6.07, 6.45) is 4.96. The fourth-order valence-electron chi connectivity index (χ4n) is 1.90. The Bertz CT molecular complexity index is 288. The SMILES string of the molecule is CCCNC(C)CCCCS(=O)(=O)CC(C)CC. The molecule has 0 aliphatic heterocycles. The van der Waals surface area contributed by atoms with E-state index >= 15 is 0 Å². The van der Waals surface area contributed by atoms with Gasteiger partial charge in [-0.25, -0.2) is 8.42 Å². The Morgan fingerprint density at radius 3 is 2.33 bits per heavy atom. The van der Waals surface area contributed by atoms with Crippen LogP contribution < -0.4 is 5.32 Å². The van der Waals surface area contributed by atoms with Crippen LogP contribution >= 0.6 is 0 Å². The van der Waals surface area contributed by atoms with Gasteiger partial charge >= 0.3 is 0 Å². The van der Waals surface area contributed by atoms with E-state index in [2.05, 4.69) is 19.2 Å². The second-order valence-electron chi connectivity index (χ2n) is 5.48. The van der Waals surface area contributed by atoms with Crippen molar-refractivity contribution in [3.05, 3.63) is 0 Å². The van der Waals surface area contributed by atoms with Crippen molar-refractivity contribution in [2.45, 2.75) is 65.8 Å². The van der Waals surface area contributed by atoms with Crippen molar-refractivity contribution in [2.24, 2.45) is 5.92 Å². The Balaban J connectivity index is 3.70. The number of nitrogens with one attached hydrogen (secondary N) is 1. The lowest BCUT2D eigenvalue weighted by molar-refractivity contribution is 0.493. The minimum Gasteiger partial charge on any atom is -0.314 e. The third kappa shape index (κ3) is 9.89. The lowest BCUT2D eigenvalue weighted by Crippen LogP contribution is -2.26. The molecule has 2 unspecified atom stereocenters. The number of hydrogen-bond acceptors (Lipinski definition) is 3. The summed E-state index contributed by atoms with van der Waals surface area (Å²) in [5, 5.41) is 3.42. The zero-order chi connectivity index (χ0) is 14.0. The Morgan fingerprint density at radius 1 is 1.11 bits per heavy atom. The van der Waals surface area contributed by atoms with E-state index in [1.165, 1.54) is 0 Å². The summed E-state index contributed by atoms with van der Waals surface area (Å²) in [4.78, 5) is 0. The highest BCUT2D eigenvalue weighted by Crippen LogP contribution is 2.09. The van der Waals surface area contributed by atoms with E-state index in [0.29, 0.717) is 23.5 Å². The standard InChI is InChI=1S/C14H31NO2S/c1-5-10-15-14(4)9-7-8-11-18(16,17)12-13(3)6-2/h13-15H,5-12H2,1-4H3. The van der Waals surface area contributed by atoms with Gasteiger partial charge in [0.2, 0.25) is 0 Å². The molecular formula is C14H31NO2S. The maximum absolute atomic E-state index is 11.8. The van der Waals surface area contributed by atoms with E-state index in [1.54, 1.807) is 0 Å². The molecule has 3 nitrogen and oxygen atoms in total. The van der Waals surface area contributed by atoms with Crippen LogP contribution in [0.2, 0.25) is 0 Å². The molecule has 0 fully saturated rings. The molecule has 2 atom stereocenters. The normalized spacial score (nSPS) is 15.6. The monoisotopic (exact) mass is 277 g/mol. The Labute approximate surface area is 114 Å². The van der Waals surface area contributed by atoms with Gasteiger partial charge in [-0.3, -0.25) is 0 Å². The predicted molar refractivity (Wildman–Crippen MR) is 79.7 cm³/mol. The van der Waals surface area contributed by atoms with Crippen molar-refractivity contribution in [2.75, 3.05) is 18.1 Å². The van der Waals surface area contributed by atoms with E-state index in [1.807, 2.05) is 13.8 Å². The molecule has 0 aliphatic carbocycles. The molecule has 0 bridgehead atoms. The van der Waals surface area contributed by atoms with Crippen LogP contribution in [0.25, 0.3) is 0 Å². The molecule has 0 saturated heterocycles. The number of rotatable bonds is 11. The Hall–Kier alpha value is -0.0900. The molecule has 110 valence electrons. The third-order valence-corrected chi connectivity index (χ3v) is 5.31. The maximum Gasteiger partial charge on any atom is 0.150 e. The minimum atomic E-state index is -2.83. The van der Waals surface area contributed by atoms with Gasteiger partial charge in [-0.1, -0.05) is 33.6 Å². The number of sulfone groups is 1. The fraction of sp³-hybridized carbons (Fsp3) is 1.00. The van der Waals surface area contributed by atoms with Crippen LogP contribution in [0.4, 0.5) is 0 Å². The van der Waals surface area contributed by atoms with Gasteiger partial charge in [0.25, 0.3) is 0 Å². The van der Waals surface area contributed by atoms with Gasteiger partial charge in [0.05, 0.1) is 11.5 Å². The molecule has 0 aromatic carbocycles. The average Bonchev–Trinajstić information content (AvgIpc) is 2.31. The smallest absolute Gasteiger partial charge is 0.150 e. The largest absolute Gasteiger partial charge is 0.314 e. The summed E-state index contributed by atoms with van der Waals surface area (Å²) in [7, 11) is -2.83. The number of hydrogen-bond donors (Lipinski definition) is 1. The number of unbranched alkanes of at least 4 members (excludes halogenated alkanes) is 1. The van der Waals surface area contributed by atoms with Crippen molar-refractivity contribution >= 4 is 9.84 Å². The first-order chi connectivity index (χ1) is 8.41. The van der Waals surface area contributed by atoms with Crippen LogP contribution in [0.3, 0.4) is 0 Å². The zero-order valence-electron chi connectivity index (χ0n) is 12.5. The maximum atomic E-state index is 11.8. The van der Waals surface area contributed by atoms with E-state index in [0.717, 1.165) is 38.6 Å². The predicted octanol–water partition coefficient (Wildman–Crippen LogP) is 3.01. The van der Waals surface area contributed by atoms with E-state index in [-0.39, 0.29) is 0 Å². The van der Waals surface area contributed by atoms with Crippen molar-refractivity contribution in [1.29, 1.82) is 0 Å². The summed E-state index contributed by atoms with van der Waals surface area (Å²) in [5.74, 6) is 1.01. The molecule has 18 heavy (non-hydrogen) atoms. The average molecular weight is 277 g/mol. The van der Waals surface area contributed by atoms with Gasteiger partial charge in [-0.05, 0) is 38.6 Å². The molecule has 0 spiro atoms. The van der Waals surface area contributed by atoms with Gasteiger partial charge in [0.15, 0.2) is 9.84 Å². The molecule has 0 aromatic rings. The lowest BCUT2D eigenvalue weighted by Gasteiger charge is -2.13. The van der Waals surface area contributed by atoms with Crippen LogP contribution in [0.1, 0.15) is 59.8 Å². The van der Waals surface area contributed by atoms with Crippen LogP contribution in [0.15, 0.2) is 0 Å². The second-order valence-corrected chi connectivity index (χ2v) is 7.71. The first-order valence-electron chi connectivity index (χ1n) is 7.35. The van der Waals surface area contributed by atoms with Crippen LogP contribution in [-0.4, -0.2) is 32.5 Å². The van der Waals surface area contributed by atoms with Crippen LogP contribution in [-0.2, 0) is 9.84 Å². The molecule has 0 heterocycles. The molecule has 0 aromatic heterocycles. The molecule has 4 heteroatoms. The lowest BCUT2D eigenvalue weighted by atomic mass is 10.1. The zero-order valence-corrected chi connectivity index (χ0v) is 13.4. The molecule has 0 saturated carbocycles. The molecular weight excluding hydrogens is 246 g/mol. The molecule has 0 rings (SSSR count). The Morgan fingerprint density at radius 2 is 1.78 bits per heavy atom. The highest BCUT2D eigenvalue weighted by Gasteiger charge is 2.14. The molecule has 0 radical (unpaired) electrons. The van der Waals surface area contributed by atoms with E-state index < -0.39 is 9.84 Å². The van der Waals surface area contributed by atoms with Gasteiger partial charge < -0.3 is 5.32 Å². The van der Waals surface area contributed by atoms with Crippen molar-refractivity contribution in [1.82, 2.24) is 5.32 Å². The second kappa shape index (κ2) is 9.79. The summed E-state index contributed by atoms with van der Waals surface area (Å²) in [6, 6.07) is 0.502. The first-order valence-corrected chi connectivity index (χ1v) is 9.17. The van der Waals surface area contributed by atoms with Crippen LogP contribution in [0, 0.1) is 5.92 Å². The minimum absolute atomic E-state index is 0.292. The highest BCUT2D eigenvalue weighted by atomic mass is 32.2. The first kappa shape index (κ1) is 17.9. The van der Waals surface area contributed by atoms with Gasteiger partial charge in [0.1, 0.15) is 0 Å². The van der Waals surface area contributed by atoms with Gasteiger partial charge in [0, 0.05) is 6.04 Å². The quantitative estimate of drug-likeness (QED) is 0.591. The van der Waals surface area contributed by atoms with E-state index in [9.17, 15) is 8.42 Å². The summed E-state index contributed by atoms with van der Waals surface area (Å²) >= 11 is 0. The third-order valence-electron chi connectivity index (χ3n) is 3.32. The van der Waals surface area contributed by atoms with Crippen LogP contribution in [0.5, 0.6) is 0 Å². The summed E-state index contributed by atoms with van der Waals surface area (Å²) in [5.41, 5.74) is 0. The van der Waals surface area contributed by atoms with Crippen molar-refractivity contribution in [3.8, 4) is 0 Å². The highest BCUT2D eigenvalue weighted by molar-refractivity contribution is 7.91. The van der Waals surface area contributed by atoms with Gasteiger partial charge in [-0.15, -0.1) is 0 Å². The van der Waals surface area contributed by atoms with Crippen molar-refractivity contribution < 1.29 is 8.42 Å². The molecule has 0 amide bonds. The topological polar surface area (TPSA) is 46.2 Å². The van der Waals surface area contributed by atoms with Crippen molar-refractivity contribution in [3.63, 3.8) is 0 Å². The summed E-state index contributed by atoms with van der Waals surface area (Å²) in [6.45, 7) is 9.42. The van der Waals surface area contributed by atoms with E-state index in [4.69, 9.17) is 0 Å². The Kier molecular flexibility index (Phi) is 9.74. The molecule has 0 aliphatic rings. The molecule has 1 N–H and O–H groups in total.